The van der Waals surface area contributed by atoms with Gasteiger partial charge in [0, 0.05) is 13.5 Å². The number of halogens is 3. The lowest BCUT2D eigenvalue weighted by Crippen LogP contribution is -2.53. The van der Waals surface area contributed by atoms with E-state index in [1.54, 1.807) is 7.11 Å². The highest BCUT2D eigenvalue weighted by Gasteiger charge is 2.43. The second-order valence-corrected chi connectivity index (χ2v) is 6.56. The molecule has 0 N–H and O–H groups in total. The first-order chi connectivity index (χ1) is 9.13. The number of ether oxygens (including phenoxy) is 3. The fraction of sp³-hybridized carbons (Fsp3) is 0.538. The van der Waals surface area contributed by atoms with Crippen molar-refractivity contribution in [2.45, 2.75) is 24.0 Å². The van der Waals surface area contributed by atoms with Crippen LogP contribution in [0.3, 0.4) is 0 Å². The molecule has 106 valence electrons. The fourth-order valence-corrected chi connectivity index (χ4v) is 3.46. The van der Waals surface area contributed by atoms with Gasteiger partial charge in [-0.3, -0.25) is 0 Å². The van der Waals surface area contributed by atoms with E-state index in [0.717, 1.165) is 21.1 Å². The number of hydrogen-bond acceptors (Lipinski definition) is 3. The van der Waals surface area contributed by atoms with Crippen molar-refractivity contribution in [3.63, 3.8) is 0 Å². The highest BCUT2D eigenvalue weighted by atomic mass is 79.9. The first-order valence-electron chi connectivity index (χ1n) is 5.98. The van der Waals surface area contributed by atoms with E-state index in [1.165, 1.54) is 0 Å². The number of para-hydroxylation sites is 1. The van der Waals surface area contributed by atoms with Crippen LogP contribution < -0.4 is 4.74 Å². The largest absolute Gasteiger partial charge is 0.485 e. The first kappa shape index (κ1) is 15.6. The van der Waals surface area contributed by atoms with Gasteiger partial charge >= 0.3 is 0 Å². The molecule has 0 aliphatic heterocycles. The van der Waals surface area contributed by atoms with Gasteiger partial charge in [0.15, 0.2) is 0 Å². The van der Waals surface area contributed by atoms with Gasteiger partial charge in [-0.2, -0.15) is 0 Å². The predicted molar refractivity (Wildman–Crippen MR) is 82.1 cm³/mol. The Kier molecular flexibility index (Phi) is 5.96. The molecule has 0 spiro atoms. The van der Waals surface area contributed by atoms with Gasteiger partial charge in [-0.1, -0.05) is 6.07 Å². The molecule has 3 unspecified atom stereocenters. The molecule has 2 rings (SSSR count). The zero-order chi connectivity index (χ0) is 13.8. The molecular formula is C13H15Br2ClO3. The quantitative estimate of drug-likeness (QED) is 0.520. The third-order valence-corrected chi connectivity index (χ3v) is 4.64. The Labute approximate surface area is 134 Å². The van der Waals surface area contributed by atoms with Crippen LogP contribution in [0.1, 0.15) is 6.42 Å². The summed E-state index contributed by atoms with van der Waals surface area (Å²) in [5.41, 5.74) is 0. The van der Waals surface area contributed by atoms with E-state index in [9.17, 15) is 0 Å². The topological polar surface area (TPSA) is 27.7 Å². The molecule has 0 saturated heterocycles. The van der Waals surface area contributed by atoms with Crippen LogP contribution in [-0.4, -0.2) is 37.9 Å². The van der Waals surface area contributed by atoms with Gasteiger partial charge in [0.25, 0.3) is 0 Å². The maximum absolute atomic E-state index is 6.17. The number of benzene rings is 1. The number of hydrogen-bond donors (Lipinski definition) is 0. The highest BCUT2D eigenvalue weighted by Crippen LogP contribution is 2.39. The summed E-state index contributed by atoms with van der Waals surface area (Å²) in [5, 5.41) is 0.00289. The average molecular weight is 415 g/mol. The monoisotopic (exact) mass is 412 g/mol. The summed E-state index contributed by atoms with van der Waals surface area (Å²) in [7, 11) is 1.65. The molecule has 19 heavy (non-hydrogen) atoms. The zero-order valence-corrected chi connectivity index (χ0v) is 14.4. The Morgan fingerprint density at radius 2 is 1.95 bits per heavy atom. The lowest BCUT2D eigenvalue weighted by atomic mass is 9.91. The van der Waals surface area contributed by atoms with E-state index in [2.05, 4.69) is 31.9 Å². The lowest BCUT2D eigenvalue weighted by Gasteiger charge is -2.40. The Hall–Kier alpha value is 0.190. The molecule has 1 saturated carbocycles. The summed E-state index contributed by atoms with van der Waals surface area (Å²) < 4.78 is 18.5. The van der Waals surface area contributed by atoms with Crippen molar-refractivity contribution in [2.24, 2.45) is 0 Å². The van der Waals surface area contributed by atoms with Gasteiger partial charge < -0.3 is 14.2 Å². The second-order valence-electron chi connectivity index (χ2n) is 4.29. The molecule has 0 bridgehead atoms. The zero-order valence-electron chi connectivity index (χ0n) is 10.4. The van der Waals surface area contributed by atoms with E-state index >= 15 is 0 Å². The molecule has 1 aliphatic rings. The summed E-state index contributed by atoms with van der Waals surface area (Å²) in [6.45, 7) is 1.09. The van der Waals surface area contributed by atoms with Crippen LogP contribution in [0.25, 0.3) is 0 Å². The van der Waals surface area contributed by atoms with Crippen molar-refractivity contribution < 1.29 is 14.2 Å². The predicted octanol–water partition coefficient (Wildman–Crippen LogP) is 4.00. The second kappa shape index (κ2) is 7.27. The molecule has 0 aromatic heterocycles. The third kappa shape index (κ3) is 3.85. The smallest absolute Gasteiger partial charge is 0.148 e. The Balaban J connectivity index is 1.95. The normalized spacial score (nSPS) is 26.0. The molecule has 1 aliphatic carbocycles. The van der Waals surface area contributed by atoms with Crippen LogP contribution in [0.5, 0.6) is 5.75 Å². The summed E-state index contributed by atoms with van der Waals surface area (Å²) in [6.07, 6.45) is 0.678. The number of alkyl halides is 1. The van der Waals surface area contributed by atoms with Crippen LogP contribution in [-0.2, 0) is 9.47 Å². The summed E-state index contributed by atoms with van der Waals surface area (Å²) in [5.74, 6) is 0.788. The Morgan fingerprint density at radius 1 is 1.26 bits per heavy atom. The maximum Gasteiger partial charge on any atom is 0.148 e. The summed E-state index contributed by atoms with van der Waals surface area (Å²) in [6, 6.07) is 5.83. The number of methoxy groups -OCH3 is 1. The van der Waals surface area contributed by atoms with E-state index in [4.69, 9.17) is 25.8 Å². The van der Waals surface area contributed by atoms with Gasteiger partial charge in [-0.25, -0.2) is 0 Å². The van der Waals surface area contributed by atoms with E-state index in [0.29, 0.717) is 13.2 Å². The van der Waals surface area contributed by atoms with Crippen LogP contribution in [0.15, 0.2) is 27.1 Å². The molecule has 3 nitrogen and oxygen atoms in total. The third-order valence-electron chi connectivity index (χ3n) is 2.97. The summed E-state index contributed by atoms with van der Waals surface area (Å²) >= 11 is 13.1. The molecular weight excluding hydrogens is 399 g/mol. The average Bonchev–Trinajstić information content (AvgIpc) is 2.37. The highest BCUT2D eigenvalue weighted by molar-refractivity contribution is 9.11. The van der Waals surface area contributed by atoms with Crippen molar-refractivity contribution >= 4 is 43.5 Å². The van der Waals surface area contributed by atoms with E-state index in [-0.39, 0.29) is 17.6 Å². The standard InChI is InChI=1S/C13H15Br2ClO3/c1-17-5-6-18-13-10(16)7-11(13)19-12-8(14)3-2-4-9(12)15/h2-4,10-11,13H,5-7H2,1H3. The van der Waals surface area contributed by atoms with Gasteiger partial charge in [-0.15, -0.1) is 11.6 Å². The molecule has 0 amide bonds. The molecule has 0 heterocycles. The first-order valence-corrected chi connectivity index (χ1v) is 8.01. The van der Waals surface area contributed by atoms with Gasteiger partial charge in [0.2, 0.25) is 0 Å². The van der Waals surface area contributed by atoms with Crippen LogP contribution in [0.2, 0.25) is 0 Å². The minimum atomic E-state index is -0.0872. The molecule has 6 heteroatoms. The molecule has 3 atom stereocenters. The molecule has 1 fully saturated rings. The summed E-state index contributed by atoms with van der Waals surface area (Å²) in [4.78, 5) is 0. The number of rotatable bonds is 6. The molecule has 0 radical (unpaired) electrons. The van der Waals surface area contributed by atoms with E-state index in [1.807, 2.05) is 18.2 Å². The maximum atomic E-state index is 6.17. The van der Waals surface area contributed by atoms with Crippen molar-refractivity contribution in [3.8, 4) is 5.75 Å². The minimum absolute atomic E-state index is 0.00289. The van der Waals surface area contributed by atoms with Crippen LogP contribution >= 0.6 is 43.5 Å². The van der Waals surface area contributed by atoms with Crippen LogP contribution in [0, 0.1) is 0 Å². The Bertz CT molecular complexity index is 410. The SMILES string of the molecule is COCCOC1C(Cl)CC1Oc1c(Br)cccc1Br. The Morgan fingerprint density at radius 3 is 2.53 bits per heavy atom. The fourth-order valence-electron chi connectivity index (χ4n) is 1.87. The van der Waals surface area contributed by atoms with Crippen LogP contribution in [0.4, 0.5) is 0 Å². The lowest BCUT2D eigenvalue weighted by molar-refractivity contribution is -0.0902. The van der Waals surface area contributed by atoms with Gasteiger partial charge in [0.1, 0.15) is 18.0 Å². The van der Waals surface area contributed by atoms with Crippen molar-refractivity contribution in [3.05, 3.63) is 27.1 Å². The minimum Gasteiger partial charge on any atom is -0.485 e. The van der Waals surface area contributed by atoms with Gasteiger partial charge in [0.05, 0.1) is 27.5 Å². The molecule has 1 aromatic carbocycles. The van der Waals surface area contributed by atoms with Crippen molar-refractivity contribution in [1.29, 1.82) is 0 Å². The van der Waals surface area contributed by atoms with Crippen molar-refractivity contribution in [1.82, 2.24) is 0 Å². The molecule has 1 aromatic rings. The van der Waals surface area contributed by atoms with Crippen molar-refractivity contribution in [2.75, 3.05) is 20.3 Å². The van der Waals surface area contributed by atoms with E-state index < -0.39 is 0 Å². The van der Waals surface area contributed by atoms with Gasteiger partial charge in [-0.05, 0) is 44.0 Å².